The summed E-state index contributed by atoms with van der Waals surface area (Å²) in [4.78, 5) is 7.33. The van der Waals surface area contributed by atoms with Crippen molar-refractivity contribution in [1.29, 1.82) is 0 Å². The van der Waals surface area contributed by atoms with E-state index >= 15 is 0 Å². The Hall–Kier alpha value is -2.04. The standard InChI is InChI=1S/C17H18N4.CH3Cl/c1-2-6-14-13(5-1)17(21-11-9-18-10-12-21)20-16-8-4-3-7-15(16)19-14;1-2/h1-8,18-19H,9-12H2;1H3. The molecule has 1 saturated heterocycles. The Bertz CT molecular complexity index is 693. The number of aliphatic imine (C=N–C) groups is 1. The maximum Gasteiger partial charge on any atom is 0.138 e. The molecule has 0 saturated carbocycles. The Labute approximate surface area is 142 Å². The lowest BCUT2D eigenvalue weighted by Gasteiger charge is -2.30. The summed E-state index contributed by atoms with van der Waals surface area (Å²) in [5.74, 6) is 1.07. The molecule has 0 amide bonds. The van der Waals surface area contributed by atoms with Crippen molar-refractivity contribution in [3.63, 3.8) is 0 Å². The zero-order valence-corrected chi connectivity index (χ0v) is 14.0. The second-order valence-electron chi connectivity index (χ2n) is 5.36. The quantitative estimate of drug-likeness (QED) is 0.726. The largest absolute Gasteiger partial charge is 0.353 e. The van der Waals surface area contributed by atoms with Gasteiger partial charge in [0, 0.05) is 43.8 Å². The van der Waals surface area contributed by atoms with Gasteiger partial charge in [0.15, 0.2) is 0 Å². The van der Waals surface area contributed by atoms with Crippen molar-refractivity contribution in [1.82, 2.24) is 10.2 Å². The van der Waals surface area contributed by atoms with Crippen LogP contribution in [0.2, 0.25) is 0 Å². The number of para-hydroxylation sites is 3. The molecule has 23 heavy (non-hydrogen) atoms. The number of amidine groups is 1. The van der Waals surface area contributed by atoms with Gasteiger partial charge in [-0.2, -0.15) is 0 Å². The third kappa shape index (κ3) is 3.33. The predicted octanol–water partition coefficient (Wildman–Crippen LogP) is 3.58. The molecule has 2 aliphatic rings. The van der Waals surface area contributed by atoms with Crippen molar-refractivity contribution in [3.05, 3.63) is 54.1 Å². The maximum absolute atomic E-state index is 4.96. The van der Waals surface area contributed by atoms with Crippen molar-refractivity contribution in [2.75, 3.05) is 37.9 Å². The van der Waals surface area contributed by atoms with Crippen LogP contribution < -0.4 is 10.6 Å². The molecular weight excluding hydrogens is 308 g/mol. The minimum atomic E-state index is 0.995. The van der Waals surface area contributed by atoms with Crippen LogP contribution in [-0.2, 0) is 0 Å². The SMILES string of the molecule is CCl.c1ccc2c(c1)N=C(N1CCNCC1)c1ccccc1N2. The summed E-state index contributed by atoms with van der Waals surface area (Å²) in [5.41, 5.74) is 4.37. The zero-order chi connectivity index (χ0) is 16.1. The van der Waals surface area contributed by atoms with Gasteiger partial charge in [-0.3, -0.25) is 0 Å². The van der Waals surface area contributed by atoms with Crippen molar-refractivity contribution >= 4 is 34.5 Å². The number of benzene rings is 2. The van der Waals surface area contributed by atoms with Gasteiger partial charge in [0.05, 0.1) is 11.4 Å². The third-order valence-electron chi connectivity index (χ3n) is 3.98. The summed E-state index contributed by atoms with van der Waals surface area (Å²) in [7, 11) is 0. The molecule has 2 aromatic rings. The van der Waals surface area contributed by atoms with Crippen LogP contribution in [-0.4, -0.2) is 43.3 Å². The number of alkyl halides is 1. The summed E-state index contributed by atoms with van der Waals surface area (Å²) in [5, 5.41) is 6.92. The summed E-state index contributed by atoms with van der Waals surface area (Å²) in [6, 6.07) is 16.6. The molecule has 0 bridgehead atoms. The van der Waals surface area contributed by atoms with E-state index in [2.05, 4.69) is 63.5 Å². The Balaban J connectivity index is 0.000000753. The van der Waals surface area contributed by atoms with Gasteiger partial charge in [0.25, 0.3) is 0 Å². The van der Waals surface area contributed by atoms with E-state index in [1.807, 2.05) is 12.1 Å². The normalized spacial score (nSPS) is 15.9. The highest BCUT2D eigenvalue weighted by molar-refractivity contribution is 6.15. The average Bonchev–Trinajstić information content (AvgIpc) is 2.81. The summed E-state index contributed by atoms with van der Waals surface area (Å²) in [6.45, 7) is 4.01. The molecule has 4 nitrogen and oxygen atoms in total. The van der Waals surface area contributed by atoms with Crippen LogP contribution in [0.5, 0.6) is 0 Å². The van der Waals surface area contributed by atoms with Crippen LogP contribution in [0.25, 0.3) is 0 Å². The fraction of sp³-hybridized carbons (Fsp3) is 0.278. The molecule has 0 atom stereocenters. The number of hydrogen-bond acceptors (Lipinski definition) is 4. The van der Waals surface area contributed by atoms with Gasteiger partial charge in [-0.15, -0.1) is 11.6 Å². The molecule has 0 aliphatic carbocycles. The monoisotopic (exact) mass is 328 g/mol. The van der Waals surface area contributed by atoms with Crippen LogP contribution in [0.1, 0.15) is 5.56 Å². The molecule has 1 fully saturated rings. The Morgan fingerprint density at radius 1 is 0.913 bits per heavy atom. The van der Waals surface area contributed by atoms with Crippen molar-refractivity contribution in [3.8, 4) is 0 Å². The Kier molecular flexibility index (Phi) is 5.16. The minimum Gasteiger partial charge on any atom is -0.353 e. The number of hydrogen-bond donors (Lipinski definition) is 2. The number of nitrogens with zero attached hydrogens (tertiary/aromatic N) is 2. The molecule has 2 N–H and O–H groups in total. The van der Waals surface area contributed by atoms with E-state index in [9.17, 15) is 0 Å². The molecule has 0 radical (unpaired) electrons. The molecule has 120 valence electrons. The van der Waals surface area contributed by atoms with E-state index in [0.717, 1.165) is 49.1 Å². The number of fused-ring (bicyclic) bond motifs is 2. The summed E-state index contributed by atoms with van der Waals surface area (Å²) < 4.78 is 0. The van der Waals surface area contributed by atoms with Crippen molar-refractivity contribution in [2.45, 2.75) is 0 Å². The summed E-state index contributed by atoms with van der Waals surface area (Å²) >= 11 is 4.64. The highest BCUT2D eigenvalue weighted by Gasteiger charge is 2.21. The molecular formula is C18H21ClN4. The van der Waals surface area contributed by atoms with Crippen molar-refractivity contribution in [2.24, 2.45) is 4.99 Å². The van der Waals surface area contributed by atoms with E-state index in [4.69, 9.17) is 4.99 Å². The molecule has 2 aromatic carbocycles. The first kappa shape index (κ1) is 15.8. The van der Waals surface area contributed by atoms with Gasteiger partial charge in [0.2, 0.25) is 0 Å². The first-order valence-electron chi connectivity index (χ1n) is 7.79. The number of rotatable bonds is 0. The number of piperazine rings is 1. The van der Waals surface area contributed by atoms with Crippen molar-refractivity contribution < 1.29 is 0 Å². The van der Waals surface area contributed by atoms with Gasteiger partial charge in [-0.05, 0) is 24.3 Å². The average molecular weight is 329 g/mol. The first-order chi connectivity index (χ1) is 11.4. The fourth-order valence-electron chi connectivity index (χ4n) is 2.90. The lowest BCUT2D eigenvalue weighted by molar-refractivity contribution is 0.358. The maximum atomic E-state index is 4.96. The van der Waals surface area contributed by atoms with Gasteiger partial charge in [0.1, 0.15) is 5.84 Å². The lowest BCUT2D eigenvalue weighted by Crippen LogP contribution is -2.46. The zero-order valence-electron chi connectivity index (χ0n) is 13.2. The minimum absolute atomic E-state index is 0.995. The molecule has 2 aliphatic heterocycles. The lowest BCUT2D eigenvalue weighted by atomic mass is 10.1. The van der Waals surface area contributed by atoms with Gasteiger partial charge >= 0.3 is 0 Å². The first-order valence-corrected chi connectivity index (χ1v) is 8.55. The van der Waals surface area contributed by atoms with Crippen LogP contribution in [0.4, 0.5) is 17.1 Å². The highest BCUT2D eigenvalue weighted by Crippen LogP contribution is 2.34. The van der Waals surface area contributed by atoms with Gasteiger partial charge in [-0.25, -0.2) is 4.99 Å². The highest BCUT2D eigenvalue weighted by atomic mass is 35.5. The van der Waals surface area contributed by atoms with Gasteiger partial charge < -0.3 is 15.5 Å². The van der Waals surface area contributed by atoms with Crippen LogP contribution in [0.15, 0.2) is 53.5 Å². The molecule has 0 unspecified atom stereocenters. The molecule has 5 heteroatoms. The predicted molar refractivity (Wildman–Crippen MR) is 98.6 cm³/mol. The number of nitrogens with one attached hydrogen (secondary N) is 2. The number of halogens is 1. The van der Waals surface area contributed by atoms with Crippen LogP contribution >= 0.6 is 11.6 Å². The summed E-state index contributed by atoms with van der Waals surface area (Å²) in [6.07, 6.45) is 1.47. The second kappa shape index (κ2) is 7.49. The van der Waals surface area contributed by atoms with Gasteiger partial charge in [-0.1, -0.05) is 24.3 Å². The smallest absolute Gasteiger partial charge is 0.138 e. The topological polar surface area (TPSA) is 39.7 Å². The Morgan fingerprint density at radius 3 is 2.35 bits per heavy atom. The fourth-order valence-corrected chi connectivity index (χ4v) is 2.90. The van der Waals surface area contributed by atoms with E-state index in [0.29, 0.717) is 0 Å². The molecule has 0 spiro atoms. The van der Waals surface area contributed by atoms with E-state index in [1.165, 1.54) is 11.9 Å². The Morgan fingerprint density at radius 2 is 1.57 bits per heavy atom. The second-order valence-corrected chi connectivity index (χ2v) is 5.36. The molecule has 0 aromatic heterocycles. The van der Waals surface area contributed by atoms with E-state index < -0.39 is 0 Å². The third-order valence-corrected chi connectivity index (χ3v) is 3.98. The molecule has 2 heterocycles. The molecule has 4 rings (SSSR count). The van der Waals surface area contributed by atoms with E-state index in [-0.39, 0.29) is 0 Å². The number of anilines is 2. The van der Waals surface area contributed by atoms with Crippen LogP contribution in [0, 0.1) is 0 Å². The van der Waals surface area contributed by atoms with E-state index in [1.54, 1.807) is 0 Å². The van der Waals surface area contributed by atoms with Crippen LogP contribution in [0.3, 0.4) is 0 Å².